The summed E-state index contributed by atoms with van der Waals surface area (Å²) in [6.45, 7) is 13.6. The second kappa shape index (κ2) is 13.3. The fourth-order valence-electron chi connectivity index (χ4n) is 8.09. The van der Waals surface area contributed by atoms with E-state index < -0.39 is 41.1 Å². The van der Waals surface area contributed by atoms with Gasteiger partial charge in [-0.25, -0.2) is 0 Å². The fourth-order valence-corrected chi connectivity index (χ4v) is 8.09. The van der Waals surface area contributed by atoms with E-state index in [1.54, 1.807) is 17.9 Å². The van der Waals surface area contributed by atoms with Crippen LogP contribution in [0.5, 0.6) is 0 Å². The molecule has 5 rings (SSSR count). The molecule has 0 aromatic heterocycles. The number of carbonyl (C=O) groups excluding carboxylic acids is 3. The summed E-state index contributed by atoms with van der Waals surface area (Å²) in [7, 11) is 0. The molecule has 2 aromatic rings. The molecule has 0 saturated carbocycles. The topological polar surface area (TPSA) is 99.6 Å². The number of nitrogens with zero attached hydrogens (tertiary/aromatic N) is 3. The van der Waals surface area contributed by atoms with Crippen molar-refractivity contribution in [2.45, 2.75) is 76.7 Å². The molecule has 242 valence electrons. The van der Waals surface area contributed by atoms with Gasteiger partial charge >= 0.3 is 5.97 Å². The molecule has 1 spiro atoms. The predicted octanol–water partition coefficient (Wildman–Crippen LogP) is 4.37. The molecule has 3 saturated heterocycles. The van der Waals surface area contributed by atoms with E-state index in [4.69, 9.17) is 9.47 Å². The average molecular weight is 618 g/mol. The molecule has 2 amide bonds. The molecule has 3 heterocycles. The van der Waals surface area contributed by atoms with Gasteiger partial charge in [-0.05, 0) is 76.3 Å². The maximum absolute atomic E-state index is 15.0. The summed E-state index contributed by atoms with van der Waals surface area (Å²) in [5.74, 6) is -2.84. The van der Waals surface area contributed by atoms with Crippen LogP contribution in [0.15, 0.2) is 67.3 Å². The van der Waals surface area contributed by atoms with Crippen molar-refractivity contribution in [2.24, 2.45) is 11.8 Å². The van der Waals surface area contributed by atoms with Gasteiger partial charge in [-0.1, -0.05) is 43.3 Å². The van der Waals surface area contributed by atoms with Crippen molar-refractivity contribution in [1.29, 1.82) is 0 Å². The number of ether oxygens (including phenoxy) is 2. The standard InChI is InChI=1S/C36H47N3O6/c1-6-22-38(27-18-16-26(17-19-27)37(8-3)9-4)33(42)31-36-21-20-35(7-2,45-36)30(34(43)44-10-5)29(36)32(41)39(31)28(24-40)23-25-14-12-11-13-15-25/h6,11-19,28-31,40H,1,7-10,20-24H2,2-5H3/t28-,29+,30-,31?,35+,36?/m1/s1. The quantitative estimate of drug-likeness (QED) is 0.248. The lowest BCUT2D eigenvalue weighted by Gasteiger charge is -2.39. The molecule has 9 heteroatoms. The Morgan fingerprint density at radius 1 is 1.07 bits per heavy atom. The molecule has 1 N–H and O–H groups in total. The lowest BCUT2D eigenvalue weighted by Crippen LogP contribution is -2.59. The van der Waals surface area contributed by atoms with Crippen LogP contribution in [0.25, 0.3) is 0 Å². The Labute approximate surface area is 266 Å². The summed E-state index contributed by atoms with van der Waals surface area (Å²) in [5.41, 5.74) is 0.532. The first-order valence-electron chi connectivity index (χ1n) is 16.4. The first kappa shape index (κ1) is 32.7. The summed E-state index contributed by atoms with van der Waals surface area (Å²) in [6.07, 6.45) is 3.52. The number of aliphatic hydroxyl groups excluding tert-OH is 1. The van der Waals surface area contributed by atoms with Crippen molar-refractivity contribution in [3.63, 3.8) is 0 Å². The van der Waals surface area contributed by atoms with Gasteiger partial charge < -0.3 is 29.3 Å². The lowest BCUT2D eigenvalue weighted by atomic mass is 9.65. The Balaban J connectivity index is 1.61. The third kappa shape index (κ3) is 5.44. The zero-order valence-corrected chi connectivity index (χ0v) is 27.0. The monoisotopic (exact) mass is 617 g/mol. The normalized spacial score (nSPS) is 27.3. The van der Waals surface area contributed by atoms with Gasteiger partial charge in [0.15, 0.2) is 0 Å². The van der Waals surface area contributed by atoms with E-state index in [0.29, 0.717) is 31.4 Å². The minimum atomic E-state index is -1.23. The molecule has 45 heavy (non-hydrogen) atoms. The molecule has 6 atom stereocenters. The third-order valence-electron chi connectivity index (χ3n) is 10.2. The van der Waals surface area contributed by atoms with E-state index in [9.17, 15) is 14.7 Å². The molecule has 3 aliphatic heterocycles. The van der Waals surface area contributed by atoms with Crippen LogP contribution in [0.3, 0.4) is 0 Å². The third-order valence-corrected chi connectivity index (χ3v) is 10.2. The maximum atomic E-state index is 15.0. The minimum Gasteiger partial charge on any atom is -0.466 e. The van der Waals surface area contributed by atoms with Gasteiger partial charge in [-0.15, -0.1) is 6.58 Å². The van der Waals surface area contributed by atoms with E-state index in [2.05, 4.69) is 25.3 Å². The predicted molar refractivity (Wildman–Crippen MR) is 174 cm³/mol. The molecule has 2 unspecified atom stereocenters. The summed E-state index contributed by atoms with van der Waals surface area (Å²) in [4.78, 5) is 48.7. The SMILES string of the molecule is C=CCN(C(=O)C1N([C@@H](CO)Cc2ccccc2)C(=O)[C@@H]2[C@H](C(=O)OCC)[C@]3(CC)CCC12O3)c1ccc(N(CC)CC)cc1. The highest BCUT2D eigenvalue weighted by Gasteiger charge is 2.79. The molecule has 2 bridgehead atoms. The number of benzene rings is 2. The number of anilines is 2. The van der Waals surface area contributed by atoms with Gasteiger partial charge in [-0.2, -0.15) is 0 Å². The highest BCUT2D eigenvalue weighted by atomic mass is 16.6. The summed E-state index contributed by atoms with van der Waals surface area (Å²) in [5, 5.41) is 10.8. The zero-order chi connectivity index (χ0) is 32.4. The molecular weight excluding hydrogens is 570 g/mol. The van der Waals surface area contributed by atoms with Crippen LogP contribution < -0.4 is 9.80 Å². The van der Waals surface area contributed by atoms with E-state index >= 15 is 4.79 Å². The van der Waals surface area contributed by atoms with Crippen LogP contribution in [0.4, 0.5) is 11.4 Å². The van der Waals surface area contributed by atoms with Crippen LogP contribution in [0.1, 0.15) is 52.5 Å². The Hall–Kier alpha value is -3.69. The number of carbonyl (C=O) groups is 3. The molecule has 0 radical (unpaired) electrons. The molecule has 2 aromatic carbocycles. The Morgan fingerprint density at radius 3 is 2.31 bits per heavy atom. The lowest BCUT2D eigenvalue weighted by molar-refractivity contribution is -0.161. The van der Waals surface area contributed by atoms with Crippen molar-refractivity contribution in [2.75, 3.05) is 42.6 Å². The highest BCUT2D eigenvalue weighted by Crippen LogP contribution is 2.65. The minimum absolute atomic E-state index is 0.180. The Kier molecular flexibility index (Phi) is 9.70. The van der Waals surface area contributed by atoms with Gasteiger partial charge in [0.05, 0.1) is 30.8 Å². The van der Waals surface area contributed by atoms with Crippen molar-refractivity contribution in [1.82, 2.24) is 4.90 Å². The van der Waals surface area contributed by atoms with Crippen molar-refractivity contribution in [3.8, 4) is 0 Å². The highest BCUT2D eigenvalue weighted by molar-refractivity contribution is 6.05. The second-order valence-electron chi connectivity index (χ2n) is 12.3. The summed E-state index contributed by atoms with van der Waals surface area (Å²) < 4.78 is 12.4. The van der Waals surface area contributed by atoms with Gasteiger partial charge in [-0.3, -0.25) is 14.4 Å². The number of fused-ring (bicyclic) bond motifs is 1. The van der Waals surface area contributed by atoms with Gasteiger partial charge in [0.25, 0.3) is 5.91 Å². The van der Waals surface area contributed by atoms with Crippen molar-refractivity contribution >= 4 is 29.2 Å². The smallest absolute Gasteiger partial charge is 0.312 e. The van der Waals surface area contributed by atoms with E-state index in [0.717, 1.165) is 24.3 Å². The van der Waals surface area contributed by atoms with Crippen LogP contribution >= 0.6 is 0 Å². The number of aliphatic hydroxyl groups is 1. The average Bonchev–Trinajstić information content (AvgIpc) is 3.67. The van der Waals surface area contributed by atoms with E-state index in [1.807, 2.05) is 61.5 Å². The van der Waals surface area contributed by atoms with Crippen LogP contribution in [-0.2, 0) is 30.3 Å². The molecule has 3 fully saturated rings. The number of esters is 1. The van der Waals surface area contributed by atoms with Gasteiger partial charge in [0.2, 0.25) is 5.91 Å². The van der Waals surface area contributed by atoms with Crippen LogP contribution in [0, 0.1) is 11.8 Å². The Bertz CT molecular complexity index is 1380. The van der Waals surface area contributed by atoms with E-state index in [-0.39, 0.29) is 31.6 Å². The first-order valence-corrected chi connectivity index (χ1v) is 16.4. The van der Waals surface area contributed by atoms with Crippen molar-refractivity contribution in [3.05, 3.63) is 72.8 Å². The number of amides is 2. The fraction of sp³-hybridized carbons (Fsp3) is 0.528. The summed E-state index contributed by atoms with van der Waals surface area (Å²) >= 11 is 0. The van der Waals surface area contributed by atoms with Gasteiger partial charge in [0.1, 0.15) is 17.6 Å². The largest absolute Gasteiger partial charge is 0.466 e. The number of hydrogen-bond donors (Lipinski definition) is 1. The van der Waals surface area contributed by atoms with Gasteiger partial charge in [0, 0.05) is 31.0 Å². The van der Waals surface area contributed by atoms with Crippen LogP contribution in [-0.4, -0.2) is 83.9 Å². The van der Waals surface area contributed by atoms with E-state index in [1.165, 1.54) is 4.90 Å². The zero-order valence-electron chi connectivity index (χ0n) is 27.0. The first-order chi connectivity index (χ1) is 21.7. The molecule has 9 nitrogen and oxygen atoms in total. The molecule has 3 aliphatic rings. The number of likely N-dealkylation sites (tertiary alicyclic amines) is 1. The molecular formula is C36H47N3O6. The number of hydrogen-bond acceptors (Lipinski definition) is 7. The Morgan fingerprint density at radius 2 is 1.73 bits per heavy atom. The van der Waals surface area contributed by atoms with Crippen LogP contribution in [0.2, 0.25) is 0 Å². The summed E-state index contributed by atoms with van der Waals surface area (Å²) in [6, 6.07) is 15.7. The number of rotatable bonds is 14. The van der Waals surface area contributed by atoms with Crippen molar-refractivity contribution < 1.29 is 29.0 Å². The maximum Gasteiger partial charge on any atom is 0.312 e. The molecule has 0 aliphatic carbocycles. The second-order valence-corrected chi connectivity index (χ2v) is 12.3.